The molecule has 1 aliphatic carbocycles. The zero-order valence-corrected chi connectivity index (χ0v) is 32.6. The van der Waals surface area contributed by atoms with Crippen molar-refractivity contribution >= 4 is 35.3 Å². The Labute approximate surface area is 317 Å². The Kier molecular flexibility index (Phi) is 9.02. The van der Waals surface area contributed by atoms with E-state index in [2.05, 4.69) is 46.7 Å². The van der Waals surface area contributed by atoms with Crippen molar-refractivity contribution in [1.29, 1.82) is 0 Å². The summed E-state index contributed by atoms with van der Waals surface area (Å²) in [4.78, 5) is 13.3. The first-order chi connectivity index (χ1) is 25.7. The average Bonchev–Trinajstić information content (AvgIpc) is 3.53. The van der Waals surface area contributed by atoms with Gasteiger partial charge in [0.15, 0.2) is 0 Å². The Balaban J connectivity index is 0.000000214. The van der Waals surface area contributed by atoms with E-state index in [1.165, 1.54) is 12.5 Å². The normalized spacial score (nSPS) is 16.9. The number of hydrogen-bond donors (Lipinski definition) is 0. The molecule has 0 N–H and O–H groups in total. The fourth-order valence-electron chi connectivity index (χ4n) is 6.23. The average molecular weight is 851 g/mol. The van der Waals surface area contributed by atoms with Gasteiger partial charge in [-0.15, -0.1) is 54.1 Å². The Morgan fingerprint density at radius 2 is 1.73 bits per heavy atom. The monoisotopic (exact) mass is 851 g/mol. The quantitative estimate of drug-likeness (QED) is 0.124. The van der Waals surface area contributed by atoms with Crippen LogP contribution in [0.2, 0.25) is 19.6 Å². The largest absolute Gasteiger partial charge is 0.486 e. The molecule has 6 heteroatoms. The molecule has 1 aliphatic rings. The van der Waals surface area contributed by atoms with Crippen molar-refractivity contribution in [3.63, 3.8) is 0 Å². The van der Waals surface area contributed by atoms with Gasteiger partial charge in [0.25, 0.3) is 0 Å². The molecule has 0 unspecified atom stereocenters. The van der Waals surface area contributed by atoms with Crippen molar-refractivity contribution in [3.05, 3.63) is 108 Å². The third-order valence-corrected chi connectivity index (χ3v) is 10.5. The second kappa shape index (κ2) is 15.6. The first-order valence-corrected chi connectivity index (χ1v) is 20.4. The summed E-state index contributed by atoms with van der Waals surface area (Å²) in [6.07, 6.45) is 6.19. The van der Waals surface area contributed by atoms with Gasteiger partial charge in [0.1, 0.15) is 0 Å². The molecule has 7 rings (SSSR count). The number of aryl methyl sites for hydroxylation is 1. The van der Waals surface area contributed by atoms with E-state index in [0.29, 0.717) is 27.8 Å². The molecule has 0 amide bonds. The fourth-order valence-corrected chi connectivity index (χ4v) is 7.63. The molecule has 4 heterocycles. The molecule has 0 bridgehead atoms. The van der Waals surface area contributed by atoms with Gasteiger partial charge in [-0.3, -0.25) is 0 Å². The summed E-state index contributed by atoms with van der Waals surface area (Å²) in [5, 5.41) is 2.63. The molecule has 1 fully saturated rings. The topological polar surface area (TPSA) is 51.8 Å². The molecule has 0 atom stereocenters. The van der Waals surface area contributed by atoms with Crippen LogP contribution in [0.25, 0.3) is 44.6 Å². The van der Waals surface area contributed by atoms with Gasteiger partial charge in [-0.2, -0.15) is 0 Å². The number of furan rings is 1. The van der Waals surface area contributed by atoms with Crippen molar-refractivity contribution in [3.8, 4) is 22.5 Å². The summed E-state index contributed by atoms with van der Waals surface area (Å²) in [6, 6.07) is 26.3. The van der Waals surface area contributed by atoms with E-state index in [4.69, 9.17) is 14.0 Å². The van der Waals surface area contributed by atoms with E-state index < -0.39 is 33.1 Å². The fraction of sp³-hybridized carbons (Fsp3) is 0.372. The molecule has 0 saturated heterocycles. The van der Waals surface area contributed by atoms with Gasteiger partial charge < -0.3 is 14.4 Å². The van der Waals surface area contributed by atoms with Crippen molar-refractivity contribution in [2.24, 2.45) is 11.3 Å². The molecular weight excluding hydrogens is 795 g/mol. The van der Waals surface area contributed by atoms with Crippen molar-refractivity contribution in [1.82, 2.24) is 15.0 Å². The molecule has 2 aromatic carbocycles. The Bertz CT molecular complexity index is 2290. The van der Waals surface area contributed by atoms with Crippen LogP contribution in [0.5, 0.6) is 0 Å². The summed E-state index contributed by atoms with van der Waals surface area (Å²) >= 11 is 0. The third kappa shape index (κ3) is 9.22. The molecule has 0 aliphatic heterocycles. The van der Waals surface area contributed by atoms with E-state index in [1.807, 2.05) is 63.4 Å². The number of rotatable bonds is 6. The summed E-state index contributed by atoms with van der Waals surface area (Å²) in [7, 11) is -1.69. The van der Waals surface area contributed by atoms with E-state index in [9.17, 15) is 0 Å². The van der Waals surface area contributed by atoms with Crippen LogP contribution in [0.1, 0.15) is 79.3 Å². The van der Waals surface area contributed by atoms with Crippen LogP contribution in [-0.2, 0) is 32.9 Å². The van der Waals surface area contributed by atoms with Gasteiger partial charge >= 0.3 is 0 Å². The number of benzene rings is 2. The van der Waals surface area contributed by atoms with E-state index in [1.54, 1.807) is 30.5 Å². The predicted octanol–water partition coefficient (Wildman–Crippen LogP) is 11.0. The Morgan fingerprint density at radius 1 is 0.918 bits per heavy atom. The maximum Gasteiger partial charge on any atom is 0.216 e. The smallest absolute Gasteiger partial charge is 0.216 e. The molecule has 257 valence electrons. The summed E-state index contributed by atoms with van der Waals surface area (Å²) < 4.78 is 63.7. The summed E-state index contributed by atoms with van der Waals surface area (Å²) in [5.41, 5.74) is 4.36. The number of aromatic nitrogens is 3. The molecule has 0 spiro atoms. The molecule has 6 aromatic rings. The third-order valence-electron chi connectivity index (χ3n) is 8.50. The zero-order chi connectivity index (χ0) is 40.0. The van der Waals surface area contributed by atoms with Crippen LogP contribution in [-0.4, -0.2) is 23.0 Å². The van der Waals surface area contributed by atoms with Gasteiger partial charge in [0.2, 0.25) is 5.71 Å². The SMILES string of the molecule is [2H]C([2H])([2H])c1ccc2c(n1)oc1c(-c3cc(C([2H])([2H])C(C)(C)C)ccn3)[c-]ccc12.[2H]C([2H])(c1cc(-c2[c-]cccc2)ncc1[Si](C)(C)C)C1CCCCC1.[Ir]. The van der Waals surface area contributed by atoms with Gasteiger partial charge in [0, 0.05) is 53.2 Å². The first kappa shape index (κ1) is 28.3. The van der Waals surface area contributed by atoms with Crippen molar-refractivity contribution in [2.75, 3.05) is 0 Å². The summed E-state index contributed by atoms with van der Waals surface area (Å²) in [5.74, 6) is 0.117. The standard InChI is InChI=1S/C22H21N2O.C21H28NSi.Ir/c1-14-8-9-17-16-6-5-7-18(20(16)25-21(17)24-14)19-12-15(10-11-23-19)13-22(2,3)4;1-23(2,3)21-16-22-20(18-12-8-5-9-13-18)15-19(21)14-17-10-6-4-7-11-17;/h5-6,8-12H,13H2,1-4H3;5,8-9,12,15-17H,4,6-7,10-11,14H2,1-3H3;/q2*-1;/i1D3,13D2;14D2;. The Morgan fingerprint density at radius 3 is 2.45 bits per heavy atom. The van der Waals surface area contributed by atoms with Crippen molar-refractivity contribution in [2.45, 2.75) is 92.1 Å². The Hall–Kier alpha value is -3.44. The number of fused-ring (bicyclic) bond motifs is 3. The van der Waals surface area contributed by atoms with Crippen molar-refractivity contribution < 1.29 is 34.1 Å². The minimum absolute atomic E-state index is 0. The number of pyridine rings is 3. The molecular formula is C43H49IrN3OSi-2. The van der Waals surface area contributed by atoms with Crippen LogP contribution < -0.4 is 5.19 Å². The van der Waals surface area contributed by atoms with Crippen LogP contribution in [0.4, 0.5) is 0 Å². The molecule has 49 heavy (non-hydrogen) atoms. The zero-order valence-electron chi connectivity index (χ0n) is 36.2. The van der Waals surface area contributed by atoms with Crippen LogP contribution >= 0.6 is 0 Å². The van der Waals surface area contributed by atoms with Gasteiger partial charge in [-0.05, 0) is 65.7 Å². The van der Waals surface area contributed by atoms with Gasteiger partial charge in [-0.1, -0.05) is 107 Å². The maximum absolute atomic E-state index is 8.99. The van der Waals surface area contributed by atoms with Gasteiger partial charge in [0.05, 0.1) is 13.7 Å². The number of nitrogens with zero attached hydrogens (tertiary/aromatic N) is 3. The van der Waals surface area contributed by atoms with Crippen LogP contribution in [0, 0.1) is 30.3 Å². The van der Waals surface area contributed by atoms with Crippen LogP contribution in [0.3, 0.4) is 0 Å². The predicted molar refractivity (Wildman–Crippen MR) is 203 cm³/mol. The molecule has 4 nitrogen and oxygen atoms in total. The second-order valence-electron chi connectivity index (χ2n) is 14.7. The minimum Gasteiger partial charge on any atom is -0.486 e. The number of hydrogen-bond acceptors (Lipinski definition) is 4. The van der Waals surface area contributed by atoms with E-state index in [-0.39, 0.29) is 37.4 Å². The van der Waals surface area contributed by atoms with E-state index in [0.717, 1.165) is 53.1 Å². The minimum atomic E-state index is -2.32. The molecule has 4 aromatic heterocycles. The van der Waals surface area contributed by atoms with Crippen LogP contribution in [0.15, 0.2) is 83.5 Å². The van der Waals surface area contributed by atoms with Gasteiger partial charge in [-0.25, -0.2) is 4.98 Å². The molecule has 1 saturated carbocycles. The van der Waals surface area contributed by atoms with E-state index >= 15 is 0 Å². The first-order valence-electron chi connectivity index (χ1n) is 20.4. The second-order valence-corrected chi connectivity index (χ2v) is 19.7. The maximum atomic E-state index is 8.99. The summed E-state index contributed by atoms with van der Waals surface area (Å²) in [6.45, 7) is 10.1. The molecule has 1 radical (unpaired) electrons.